The Morgan fingerprint density at radius 2 is 2.13 bits per heavy atom. The number of carbonyl (C=O) groups is 1. The average molecular weight is 348 g/mol. The quantitative estimate of drug-likeness (QED) is 0.519. The molecule has 0 amide bonds. The monoisotopic (exact) mass is 348 g/mol. The van der Waals surface area contributed by atoms with Gasteiger partial charge < -0.3 is 10.6 Å². The van der Waals surface area contributed by atoms with E-state index in [1.807, 2.05) is 31.2 Å². The number of aromatic nitrogens is 1. The highest BCUT2D eigenvalue weighted by atomic mass is 32.2. The molecule has 1 aromatic carbocycles. The number of rotatable bonds is 4. The zero-order chi connectivity index (χ0) is 16.8. The number of thiazole rings is 1. The van der Waals surface area contributed by atoms with Gasteiger partial charge in [0.05, 0.1) is 10.7 Å². The first-order chi connectivity index (χ1) is 11.0. The predicted octanol–water partition coefficient (Wildman–Crippen LogP) is 3.39. The van der Waals surface area contributed by atoms with Crippen LogP contribution in [0.5, 0.6) is 0 Å². The lowest BCUT2D eigenvalue weighted by Gasteiger charge is -2.03. The fourth-order valence-corrected chi connectivity index (χ4v) is 2.94. The molecule has 0 bridgehead atoms. The van der Waals surface area contributed by atoms with E-state index in [2.05, 4.69) is 15.1 Å². The second-order valence-corrected chi connectivity index (χ2v) is 6.56. The van der Waals surface area contributed by atoms with Crippen LogP contribution < -0.4 is 5.73 Å². The molecular weight excluding hydrogens is 332 g/mol. The highest BCUT2D eigenvalue weighted by Gasteiger charge is 2.20. The van der Waals surface area contributed by atoms with Crippen LogP contribution in [-0.2, 0) is 9.63 Å². The highest BCUT2D eigenvalue weighted by Crippen LogP contribution is 2.21. The summed E-state index contributed by atoms with van der Waals surface area (Å²) in [6, 6.07) is 7.71. The summed E-state index contributed by atoms with van der Waals surface area (Å²) < 4.78 is 0. The first kappa shape index (κ1) is 17.2. The van der Waals surface area contributed by atoms with Crippen molar-refractivity contribution in [3.8, 4) is 0 Å². The number of nitrogens with two attached hydrogens (primary N) is 1. The van der Waals surface area contributed by atoms with Crippen LogP contribution in [0.3, 0.4) is 0 Å². The van der Waals surface area contributed by atoms with E-state index in [-0.39, 0.29) is 10.8 Å². The van der Waals surface area contributed by atoms with E-state index in [1.54, 1.807) is 12.3 Å². The highest BCUT2D eigenvalue weighted by molar-refractivity contribution is 8.27. The first-order valence-electron chi connectivity index (χ1n) is 6.67. The predicted molar refractivity (Wildman–Crippen MR) is 96.6 cm³/mol. The van der Waals surface area contributed by atoms with Gasteiger partial charge in [0.2, 0.25) is 5.12 Å². The van der Waals surface area contributed by atoms with Crippen LogP contribution in [0.2, 0.25) is 0 Å². The van der Waals surface area contributed by atoms with Crippen molar-refractivity contribution < 1.29 is 9.63 Å². The molecule has 6 nitrogen and oxygen atoms in total. The van der Waals surface area contributed by atoms with Crippen LogP contribution in [0.4, 0.5) is 10.8 Å². The summed E-state index contributed by atoms with van der Waals surface area (Å²) in [6.07, 6.45) is 0. The molecule has 0 aliphatic carbocycles. The molecule has 0 saturated heterocycles. The topological polar surface area (TPSA) is 89.9 Å². The molecule has 120 valence electrons. The third-order valence-electron chi connectivity index (χ3n) is 2.77. The molecule has 0 aliphatic rings. The number of oxime groups is 1. The van der Waals surface area contributed by atoms with Crippen LogP contribution >= 0.6 is 23.1 Å². The summed E-state index contributed by atoms with van der Waals surface area (Å²) in [7, 11) is 1.38. The number of anilines is 1. The summed E-state index contributed by atoms with van der Waals surface area (Å²) in [5.74, 6) is 0. The van der Waals surface area contributed by atoms with Gasteiger partial charge in [-0.05, 0) is 37.2 Å². The number of para-hydroxylation sites is 1. The van der Waals surface area contributed by atoms with Crippen molar-refractivity contribution in [2.45, 2.75) is 13.8 Å². The number of aliphatic imine (C=N–C) groups is 1. The summed E-state index contributed by atoms with van der Waals surface area (Å²) in [4.78, 5) is 25.7. The van der Waals surface area contributed by atoms with Crippen molar-refractivity contribution in [2.24, 2.45) is 10.1 Å². The van der Waals surface area contributed by atoms with Gasteiger partial charge >= 0.3 is 0 Å². The van der Waals surface area contributed by atoms with E-state index in [9.17, 15) is 4.79 Å². The molecule has 0 radical (unpaired) electrons. The number of aryl methyl sites for hydroxylation is 1. The maximum atomic E-state index is 12.4. The van der Waals surface area contributed by atoms with Crippen molar-refractivity contribution >= 4 is 49.8 Å². The lowest BCUT2D eigenvalue weighted by atomic mass is 10.2. The van der Waals surface area contributed by atoms with Crippen LogP contribution in [-0.4, -0.2) is 28.0 Å². The van der Waals surface area contributed by atoms with Gasteiger partial charge in [-0.2, -0.15) is 0 Å². The smallest absolute Gasteiger partial charge is 0.249 e. The molecule has 1 heterocycles. The average Bonchev–Trinajstić information content (AvgIpc) is 2.93. The molecular formula is C15H16N4O2S2. The number of carbonyl (C=O) groups excluding carboxylic acids is 1. The molecule has 0 saturated carbocycles. The molecule has 0 atom stereocenters. The molecule has 0 aliphatic heterocycles. The van der Waals surface area contributed by atoms with Crippen LogP contribution in [0.15, 0.2) is 39.8 Å². The zero-order valence-electron chi connectivity index (χ0n) is 12.9. The second kappa shape index (κ2) is 7.89. The standard InChI is InChI=1S/C15H16N4O2S2/c1-9-6-4-5-7-11(9)17-10(2)23-14(20)13(19-21-3)12-8-22-15(16)18-12/h4-8H,1-3H3,(H2,16,18)/b17-10+,19-13-. The largest absolute Gasteiger partial charge is 0.398 e. The molecule has 8 heteroatoms. The van der Waals surface area contributed by atoms with Gasteiger partial charge in [-0.25, -0.2) is 9.98 Å². The normalized spacial score (nSPS) is 12.3. The molecule has 0 spiro atoms. The number of nitrogen functional groups attached to an aromatic ring is 1. The van der Waals surface area contributed by atoms with Crippen LogP contribution in [0.25, 0.3) is 0 Å². The Hall–Kier alpha value is -2.19. The Morgan fingerprint density at radius 3 is 2.74 bits per heavy atom. The molecule has 0 fully saturated rings. The van der Waals surface area contributed by atoms with Crippen molar-refractivity contribution in [2.75, 3.05) is 12.8 Å². The summed E-state index contributed by atoms with van der Waals surface area (Å²) in [6.45, 7) is 3.74. The third-order valence-corrected chi connectivity index (χ3v) is 4.21. The van der Waals surface area contributed by atoms with Gasteiger partial charge in [0, 0.05) is 5.38 Å². The zero-order valence-corrected chi connectivity index (χ0v) is 14.6. The Labute approximate surface area is 142 Å². The van der Waals surface area contributed by atoms with Gasteiger partial charge in [0.1, 0.15) is 12.8 Å². The van der Waals surface area contributed by atoms with Gasteiger partial charge in [-0.3, -0.25) is 4.79 Å². The number of thioether (sulfide) groups is 1. The Morgan fingerprint density at radius 1 is 1.39 bits per heavy atom. The lowest BCUT2D eigenvalue weighted by Crippen LogP contribution is -2.14. The van der Waals surface area contributed by atoms with Gasteiger partial charge in [0.15, 0.2) is 10.8 Å². The minimum absolute atomic E-state index is 0.116. The Balaban J connectivity index is 2.19. The maximum absolute atomic E-state index is 12.4. The summed E-state index contributed by atoms with van der Waals surface area (Å²) >= 11 is 2.22. The van der Waals surface area contributed by atoms with Crippen LogP contribution in [0, 0.1) is 6.92 Å². The van der Waals surface area contributed by atoms with E-state index in [0.29, 0.717) is 15.9 Å². The molecule has 2 N–H and O–H groups in total. The minimum Gasteiger partial charge on any atom is -0.398 e. The summed E-state index contributed by atoms with van der Waals surface area (Å²) in [5, 5.41) is 6.11. The SMILES string of the molecule is CO/N=C(\C(=O)S/C(C)=N/c1ccccc1C)c1csc(N)n1. The number of benzene rings is 1. The Kier molecular flexibility index (Phi) is 5.89. The van der Waals surface area contributed by atoms with E-state index in [1.165, 1.54) is 18.4 Å². The van der Waals surface area contributed by atoms with Crippen LogP contribution in [0.1, 0.15) is 18.2 Å². The molecule has 2 aromatic rings. The van der Waals surface area contributed by atoms with Crippen molar-refractivity contribution in [1.82, 2.24) is 4.98 Å². The number of nitrogens with zero attached hydrogens (tertiary/aromatic N) is 3. The Bertz CT molecular complexity index is 768. The van der Waals surface area contributed by atoms with E-state index < -0.39 is 0 Å². The maximum Gasteiger partial charge on any atom is 0.249 e. The minimum atomic E-state index is -0.299. The lowest BCUT2D eigenvalue weighted by molar-refractivity contribution is -0.105. The third kappa shape index (κ3) is 4.64. The van der Waals surface area contributed by atoms with Crippen molar-refractivity contribution in [3.63, 3.8) is 0 Å². The van der Waals surface area contributed by atoms with Gasteiger partial charge in [0.25, 0.3) is 0 Å². The molecule has 23 heavy (non-hydrogen) atoms. The fourth-order valence-electron chi connectivity index (χ4n) is 1.74. The fraction of sp³-hybridized carbons (Fsp3) is 0.200. The van der Waals surface area contributed by atoms with E-state index >= 15 is 0 Å². The first-order valence-corrected chi connectivity index (χ1v) is 8.36. The van der Waals surface area contributed by atoms with Gasteiger partial charge in [-0.1, -0.05) is 23.4 Å². The molecule has 0 unspecified atom stereocenters. The number of hydrogen-bond donors (Lipinski definition) is 1. The van der Waals surface area contributed by atoms with Gasteiger partial charge in [-0.15, -0.1) is 11.3 Å². The van der Waals surface area contributed by atoms with Crippen molar-refractivity contribution in [3.05, 3.63) is 40.9 Å². The van der Waals surface area contributed by atoms with Crippen molar-refractivity contribution in [1.29, 1.82) is 0 Å². The number of hydrogen-bond acceptors (Lipinski definition) is 8. The van der Waals surface area contributed by atoms with E-state index in [0.717, 1.165) is 23.0 Å². The van der Waals surface area contributed by atoms with E-state index in [4.69, 9.17) is 10.6 Å². The molecule has 2 rings (SSSR count). The molecule has 1 aromatic heterocycles. The summed E-state index contributed by atoms with van der Waals surface area (Å²) in [5.41, 5.74) is 7.98. The second-order valence-electron chi connectivity index (χ2n) is 4.50.